The van der Waals surface area contributed by atoms with Crippen LogP contribution in [0.25, 0.3) is 11.4 Å². The van der Waals surface area contributed by atoms with Gasteiger partial charge in [-0.25, -0.2) is 4.98 Å². The van der Waals surface area contributed by atoms with E-state index in [9.17, 15) is 9.59 Å². The Balaban J connectivity index is 1.35. The van der Waals surface area contributed by atoms with Crippen LogP contribution in [0.4, 0.5) is 5.69 Å². The van der Waals surface area contributed by atoms with Crippen molar-refractivity contribution in [2.45, 2.75) is 39.0 Å². The van der Waals surface area contributed by atoms with Gasteiger partial charge in [-0.1, -0.05) is 44.2 Å². The van der Waals surface area contributed by atoms with Crippen LogP contribution in [0.2, 0.25) is 0 Å². The Bertz CT molecular complexity index is 1110. The average molecular weight is 462 g/mol. The van der Waals surface area contributed by atoms with E-state index < -0.39 is 0 Å². The number of ether oxygens (including phenoxy) is 1. The molecule has 1 aromatic heterocycles. The largest absolute Gasteiger partial charge is 0.493 e. The summed E-state index contributed by atoms with van der Waals surface area (Å²) in [6.45, 7) is 5.48. The van der Waals surface area contributed by atoms with Gasteiger partial charge >= 0.3 is 0 Å². The first-order valence-corrected chi connectivity index (χ1v) is 11.8. The topological polar surface area (TPSA) is 100 Å². The predicted octanol–water partition coefficient (Wildman–Crippen LogP) is 4.24. The molecule has 0 bridgehead atoms. The average Bonchev–Trinajstić information content (AvgIpc) is 3.36. The zero-order chi connectivity index (χ0) is 23.9. The third-order valence-corrected chi connectivity index (χ3v) is 5.95. The fraction of sp³-hybridized carbons (Fsp3) is 0.385. The van der Waals surface area contributed by atoms with Gasteiger partial charge < -0.3 is 15.0 Å². The van der Waals surface area contributed by atoms with E-state index in [0.717, 1.165) is 30.0 Å². The van der Waals surface area contributed by atoms with E-state index in [1.54, 1.807) is 4.90 Å². The summed E-state index contributed by atoms with van der Waals surface area (Å²) in [5.41, 5.74) is 1.43. The van der Waals surface area contributed by atoms with Gasteiger partial charge in [0.05, 0.1) is 24.6 Å². The highest BCUT2D eigenvalue weighted by Crippen LogP contribution is 2.27. The molecule has 1 aliphatic heterocycles. The van der Waals surface area contributed by atoms with Crippen molar-refractivity contribution in [2.24, 2.45) is 5.92 Å². The highest BCUT2D eigenvalue weighted by molar-refractivity contribution is 5.96. The molecule has 1 aliphatic rings. The number of piperidine rings is 1. The summed E-state index contributed by atoms with van der Waals surface area (Å²) in [5, 5.41) is 10.3. The van der Waals surface area contributed by atoms with Gasteiger partial charge in [0.15, 0.2) is 5.82 Å². The Morgan fingerprint density at radius 3 is 2.68 bits per heavy atom. The Morgan fingerprint density at radius 2 is 1.91 bits per heavy atom. The number of likely N-dealkylation sites (tertiary alicyclic amines) is 1. The van der Waals surface area contributed by atoms with Crippen molar-refractivity contribution in [3.63, 3.8) is 0 Å². The van der Waals surface area contributed by atoms with Gasteiger partial charge in [-0.05, 0) is 37.1 Å². The number of benzene rings is 2. The van der Waals surface area contributed by atoms with Crippen LogP contribution in [0.5, 0.6) is 5.75 Å². The van der Waals surface area contributed by atoms with Crippen LogP contribution in [0, 0.1) is 5.92 Å². The van der Waals surface area contributed by atoms with E-state index in [-0.39, 0.29) is 30.1 Å². The number of amides is 2. The third kappa shape index (κ3) is 5.81. The molecule has 1 unspecified atom stereocenters. The molecule has 0 radical (unpaired) electrons. The van der Waals surface area contributed by atoms with Crippen molar-refractivity contribution >= 4 is 17.5 Å². The molecular formula is C26H31N5O3. The fourth-order valence-corrected chi connectivity index (χ4v) is 4.02. The maximum absolute atomic E-state index is 13.1. The van der Waals surface area contributed by atoms with Gasteiger partial charge in [-0.15, -0.1) is 0 Å². The number of carbonyl (C=O) groups excluding carboxylic acids is 2. The molecule has 2 N–H and O–H groups in total. The van der Waals surface area contributed by atoms with Crippen LogP contribution in [-0.2, 0) is 9.59 Å². The molecule has 8 heteroatoms. The smallest absolute Gasteiger partial charge is 0.229 e. The molecule has 0 spiro atoms. The Labute approximate surface area is 199 Å². The third-order valence-electron chi connectivity index (χ3n) is 5.95. The van der Waals surface area contributed by atoms with Crippen LogP contribution in [-0.4, -0.2) is 51.6 Å². The van der Waals surface area contributed by atoms with E-state index in [1.807, 2.05) is 68.4 Å². The van der Waals surface area contributed by atoms with Crippen LogP contribution < -0.4 is 10.1 Å². The van der Waals surface area contributed by atoms with Gasteiger partial charge in [0.25, 0.3) is 0 Å². The first-order chi connectivity index (χ1) is 16.5. The summed E-state index contributed by atoms with van der Waals surface area (Å²) in [5.74, 6) is 1.98. The summed E-state index contributed by atoms with van der Waals surface area (Å²) in [6, 6.07) is 17.0. The second kappa shape index (κ2) is 11.0. The van der Waals surface area contributed by atoms with Gasteiger partial charge in [0.2, 0.25) is 11.8 Å². The molecule has 8 nitrogen and oxygen atoms in total. The Hall–Kier alpha value is -3.68. The minimum Gasteiger partial charge on any atom is -0.493 e. The zero-order valence-electron chi connectivity index (χ0n) is 19.7. The number of anilines is 1. The van der Waals surface area contributed by atoms with E-state index in [0.29, 0.717) is 31.2 Å². The molecule has 178 valence electrons. The molecule has 1 atom stereocenters. The Morgan fingerprint density at radius 1 is 1.15 bits per heavy atom. The lowest BCUT2D eigenvalue weighted by atomic mass is 9.96. The van der Waals surface area contributed by atoms with Crippen molar-refractivity contribution in [1.29, 1.82) is 0 Å². The molecule has 2 aromatic carbocycles. The lowest BCUT2D eigenvalue weighted by molar-refractivity contribution is -0.135. The Kier molecular flexibility index (Phi) is 7.57. The summed E-state index contributed by atoms with van der Waals surface area (Å²) in [6.07, 6.45) is 1.83. The predicted molar refractivity (Wildman–Crippen MR) is 130 cm³/mol. The van der Waals surface area contributed by atoms with Crippen LogP contribution in [0.1, 0.15) is 44.9 Å². The minimum absolute atomic E-state index is 0.00997. The number of nitrogens with zero attached hydrogens (tertiary/aromatic N) is 3. The van der Waals surface area contributed by atoms with Crippen LogP contribution in [0.15, 0.2) is 54.6 Å². The number of H-pyrrole nitrogens is 1. The highest BCUT2D eigenvalue weighted by atomic mass is 16.5. The van der Waals surface area contributed by atoms with E-state index in [2.05, 4.69) is 20.5 Å². The molecule has 4 rings (SSSR count). The van der Waals surface area contributed by atoms with Crippen molar-refractivity contribution < 1.29 is 14.3 Å². The van der Waals surface area contributed by atoms with Gasteiger partial charge in [-0.2, -0.15) is 5.10 Å². The standard InChI is InChI=1S/C26H31N5O3/c1-18(2)24-28-25(30-29-24)21-12-6-7-13-22(21)27-26(33)19-9-8-15-31(17-19)23(32)14-16-34-20-10-4-3-5-11-20/h3-7,10-13,18-19H,8-9,14-17H2,1-2H3,(H,27,33)(H,28,29,30). The van der Waals surface area contributed by atoms with Crippen LogP contribution >= 0.6 is 0 Å². The minimum atomic E-state index is -0.265. The van der Waals surface area contributed by atoms with Gasteiger partial charge in [0, 0.05) is 24.6 Å². The molecule has 34 heavy (non-hydrogen) atoms. The highest BCUT2D eigenvalue weighted by Gasteiger charge is 2.29. The monoisotopic (exact) mass is 461 g/mol. The molecule has 0 saturated carbocycles. The van der Waals surface area contributed by atoms with E-state index in [1.165, 1.54) is 0 Å². The normalized spacial score (nSPS) is 15.9. The molecule has 2 amide bonds. The quantitative estimate of drug-likeness (QED) is 0.523. The second-order valence-corrected chi connectivity index (χ2v) is 8.82. The number of hydrogen-bond acceptors (Lipinski definition) is 5. The maximum atomic E-state index is 13.1. The molecule has 3 aromatic rings. The number of hydrogen-bond donors (Lipinski definition) is 2. The molecule has 1 saturated heterocycles. The number of aromatic amines is 1. The van der Waals surface area contributed by atoms with E-state index >= 15 is 0 Å². The number of carbonyl (C=O) groups is 2. The maximum Gasteiger partial charge on any atom is 0.229 e. The van der Waals surface area contributed by atoms with E-state index in [4.69, 9.17) is 4.74 Å². The summed E-state index contributed by atoms with van der Waals surface area (Å²) in [7, 11) is 0. The number of nitrogens with one attached hydrogen (secondary N) is 2. The van der Waals surface area contributed by atoms with Crippen molar-refractivity contribution in [3.05, 3.63) is 60.4 Å². The SMILES string of the molecule is CC(C)c1nc(-c2ccccc2NC(=O)C2CCCN(C(=O)CCOc3ccccc3)C2)n[nH]1. The van der Waals surface area contributed by atoms with Crippen molar-refractivity contribution in [3.8, 4) is 17.1 Å². The molecule has 2 heterocycles. The summed E-state index contributed by atoms with van der Waals surface area (Å²) in [4.78, 5) is 32.2. The second-order valence-electron chi connectivity index (χ2n) is 8.82. The van der Waals surface area contributed by atoms with Crippen molar-refractivity contribution in [2.75, 3.05) is 25.0 Å². The lowest BCUT2D eigenvalue weighted by Gasteiger charge is -2.32. The number of rotatable bonds is 8. The zero-order valence-corrected chi connectivity index (χ0v) is 19.7. The molecule has 1 fully saturated rings. The van der Waals surface area contributed by atoms with Gasteiger partial charge in [0.1, 0.15) is 11.6 Å². The number of aromatic nitrogens is 3. The fourth-order valence-electron chi connectivity index (χ4n) is 4.02. The summed E-state index contributed by atoms with van der Waals surface area (Å²) >= 11 is 0. The van der Waals surface area contributed by atoms with Crippen molar-refractivity contribution in [1.82, 2.24) is 20.1 Å². The lowest BCUT2D eigenvalue weighted by Crippen LogP contribution is -2.44. The summed E-state index contributed by atoms with van der Waals surface area (Å²) < 4.78 is 5.65. The first-order valence-electron chi connectivity index (χ1n) is 11.8. The van der Waals surface area contributed by atoms with Crippen LogP contribution in [0.3, 0.4) is 0 Å². The molecular weight excluding hydrogens is 430 g/mol. The first kappa shape index (κ1) is 23.5. The molecule has 0 aliphatic carbocycles. The van der Waals surface area contributed by atoms with Gasteiger partial charge in [-0.3, -0.25) is 14.7 Å². The number of para-hydroxylation sites is 2.